The zero-order chi connectivity index (χ0) is 18.4. The molecule has 2 N–H and O–H groups in total. The van der Waals surface area contributed by atoms with Gasteiger partial charge in [0.25, 0.3) is 0 Å². The van der Waals surface area contributed by atoms with Crippen LogP contribution in [0.2, 0.25) is 0 Å². The van der Waals surface area contributed by atoms with E-state index in [1.807, 2.05) is 31.2 Å². The maximum absolute atomic E-state index is 12.8. The Morgan fingerprint density at radius 3 is 2.88 bits per heavy atom. The maximum atomic E-state index is 12.8. The summed E-state index contributed by atoms with van der Waals surface area (Å²) in [5.74, 6) is 4.36. The van der Waals surface area contributed by atoms with E-state index in [0.717, 1.165) is 19.8 Å². The van der Waals surface area contributed by atoms with Crippen molar-refractivity contribution in [3.63, 3.8) is 0 Å². The molecule has 0 saturated carbocycles. The number of guanidine groups is 1. The molecule has 2 heterocycles. The monoisotopic (exact) mass is 436 g/mol. The van der Waals surface area contributed by atoms with Crippen LogP contribution in [0.3, 0.4) is 0 Å². The van der Waals surface area contributed by atoms with E-state index in [1.54, 1.807) is 24.5 Å². The highest BCUT2D eigenvalue weighted by Gasteiger charge is 2.39. The molecule has 1 aromatic carbocycles. The van der Waals surface area contributed by atoms with Gasteiger partial charge in [0.15, 0.2) is 0 Å². The summed E-state index contributed by atoms with van der Waals surface area (Å²) >= 11 is 5.15. The fraction of sp³-hybridized carbons (Fsp3) is 0.235. The van der Waals surface area contributed by atoms with Crippen LogP contribution in [-0.4, -0.2) is 33.1 Å². The van der Waals surface area contributed by atoms with Crippen molar-refractivity contribution < 1.29 is 4.21 Å². The van der Waals surface area contributed by atoms with E-state index in [4.69, 9.17) is 11.0 Å². The van der Waals surface area contributed by atoms with Gasteiger partial charge in [0, 0.05) is 21.3 Å². The quantitative estimate of drug-likeness (QED) is 0.733. The molecule has 130 valence electrons. The highest BCUT2D eigenvalue weighted by atomic mass is 79.9. The summed E-state index contributed by atoms with van der Waals surface area (Å²) in [6, 6.07) is 11.6. The highest BCUT2D eigenvalue weighted by molar-refractivity contribution is 9.10. The summed E-state index contributed by atoms with van der Waals surface area (Å²) in [4.78, 5) is 6.54. The Kier molecular flexibility index (Phi) is 4.43. The lowest BCUT2D eigenvalue weighted by Crippen LogP contribution is -2.50. The molecule has 1 unspecified atom stereocenters. The lowest BCUT2D eigenvalue weighted by molar-refractivity contribution is 0.520. The number of benzene rings is 1. The number of rotatable bonds is 2. The molecule has 0 bridgehead atoms. The Morgan fingerprint density at radius 2 is 2.24 bits per heavy atom. The average Bonchev–Trinajstić information content (AvgIpc) is 2.95. The van der Waals surface area contributed by atoms with Gasteiger partial charge in [0.05, 0.1) is 27.1 Å². The smallest absolute Gasteiger partial charge is 0.203 e. The zero-order valence-electron chi connectivity index (χ0n) is 13.8. The van der Waals surface area contributed by atoms with Gasteiger partial charge < -0.3 is 5.73 Å². The molecule has 2 atom stereocenters. The van der Waals surface area contributed by atoms with Gasteiger partial charge in [0.1, 0.15) is 5.54 Å². The Bertz CT molecular complexity index is 1020. The van der Waals surface area contributed by atoms with Gasteiger partial charge in [-0.2, -0.15) is 5.26 Å². The predicted molar refractivity (Wildman–Crippen MR) is 109 cm³/mol. The first kappa shape index (κ1) is 18.0. The second kappa shape index (κ2) is 6.16. The van der Waals surface area contributed by atoms with Crippen LogP contribution in [-0.2, 0) is 15.2 Å². The van der Waals surface area contributed by atoms with E-state index in [-0.39, 0.29) is 11.7 Å². The predicted octanol–water partition coefficient (Wildman–Crippen LogP) is 3.16. The molecular formula is C17H17BrN4OS2. The summed E-state index contributed by atoms with van der Waals surface area (Å²) in [5.41, 5.74) is 6.83. The fourth-order valence-electron chi connectivity index (χ4n) is 2.80. The van der Waals surface area contributed by atoms with Crippen LogP contribution in [0.1, 0.15) is 17.4 Å². The van der Waals surface area contributed by atoms with Crippen LogP contribution in [0.25, 0.3) is 10.4 Å². The lowest BCUT2D eigenvalue weighted by Gasteiger charge is -2.36. The third-order valence-corrected chi connectivity index (χ3v) is 8.67. The van der Waals surface area contributed by atoms with Crippen LogP contribution < -0.4 is 5.73 Å². The van der Waals surface area contributed by atoms with E-state index < -0.39 is 15.2 Å². The third kappa shape index (κ3) is 3.19. The zero-order valence-corrected chi connectivity index (χ0v) is 17.0. The van der Waals surface area contributed by atoms with E-state index >= 15 is 0 Å². The minimum Gasteiger partial charge on any atom is -0.369 e. The van der Waals surface area contributed by atoms with E-state index in [1.165, 1.54) is 4.31 Å². The van der Waals surface area contributed by atoms with Crippen molar-refractivity contribution in [2.75, 3.05) is 12.8 Å². The van der Waals surface area contributed by atoms with E-state index in [0.29, 0.717) is 5.56 Å². The molecule has 0 aliphatic carbocycles. The average molecular weight is 437 g/mol. The van der Waals surface area contributed by atoms with Crippen molar-refractivity contribution in [3.8, 4) is 16.5 Å². The molecule has 1 aliphatic heterocycles. The number of halogens is 1. The van der Waals surface area contributed by atoms with Crippen LogP contribution in [0.4, 0.5) is 0 Å². The summed E-state index contributed by atoms with van der Waals surface area (Å²) in [5, 5.41) is 9.09. The number of hydrogen-bond acceptors (Lipinski definition) is 5. The van der Waals surface area contributed by atoms with E-state index in [2.05, 4.69) is 32.9 Å². The first-order valence-electron chi connectivity index (χ1n) is 7.41. The van der Waals surface area contributed by atoms with Crippen molar-refractivity contribution in [1.29, 1.82) is 5.26 Å². The summed E-state index contributed by atoms with van der Waals surface area (Å²) in [6.07, 6.45) is 0. The Morgan fingerprint density at radius 1 is 1.52 bits per heavy atom. The molecule has 0 fully saturated rings. The summed E-state index contributed by atoms with van der Waals surface area (Å²) in [6.45, 7) is 1.92. The van der Waals surface area contributed by atoms with Crippen molar-refractivity contribution in [2.24, 2.45) is 10.7 Å². The van der Waals surface area contributed by atoms with Gasteiger partial charge in [-0.05, 0) is 52.5 Å². The lowest BCUT2D eigenvalue weighted by atomic mass is 10.0. The van der Waals surface area contributed by atoms with Gasteiger partial charge in [-0.3, -0.25) is 4.31 Å². The summed E-state index contributed by atoms with van der Waals surface area (Å²) < 4.78 is 15.2. The molecular weight excluding hydrogens is 420 g/mol. The van der Waals surface area contributed by atoms with Gasteiger partial charge in [0.2, 0.25) is 5.96 Å². The Labute approximate surface area is 160 Å². The van der Waals surface area contributed by atoms with Crippen LogP contribution in [0.5, 0.6) is 0 Å². The van der Waals surface area contributed by atoms with Gasteiger partial charge in [-0.15, -0.1) is 11.3 Å². The summed E-state index contributed by atoms with van der Waals surface area (Å²) in [7, 11) is -0.880. The molecule has 25 heavy (non-hydrogen) atoms. The third-order valence-electron chi connectivity index (χ3n) is 4.14. The molecule has 1 aromatic heterocycles. The molecule has 2 aromatic rings. The molecule has 5 nitrogen and oxygen atoms in total. The number of nitriles is 1. The van der Waals surface area contributed by atoms with Crippen LogP contribution >= 0.6 is 27.3 Å². The first-order chi connectivity index (χ1) is 11.7. The van der Waals surface area contributed by atoms with E-state index in [9.17, 15) is 4.21 Å². The number of hydrogen-bond donors (Lipinski definition) is 1. The van der Waals surface area contributed by atoms with Crippen molar-refractivity contribution in [3.05, 3.63) is 45.2 Å². The fourth-order valence-corrected chi connectivity index (χ4v) is 6.74. The second-order valence-electron chi connectivity index (χ2n) is 6.14. The molecule has 0 spiro atoms. The minimum absolute atomic E-state index is 0.224. The van der Waals surface area contributed by atoms with Crippen molar-refractivity contribution in [1.82, 2.24) is 4.31 Å². The normalized spacial score (nSPS) is 26.2. The Hall–Kier alpha value is -1.82. The Balaban J connectivity index is 2.11. The first-order valence-corrected chi connectivity index (χ1v) is 10.9. The standard InChI is InChI=1S/C17H17BrN4OS2/c1-17(10-25(3,23)22(2)16(20)21-17)15-13(18)8-14(24-15)12-6-4-5-11(7-12)9-19/h4-8H,3,10H2,1-2H3,(H2,20,21)/t17-,25?/m0/s1. The molecule has 3 rings (SSSR count). The van der Waals surface area contributed by atoms with Crippen LogP contribution in [0.15, 0.2) is 39.8 Å². The molecule has 0 radical (unpaired) electrons. The van der Waals surface area contributed by atoms with Crippen molar-refractivity contribution in [2.45, 2.75) is 12.5 Å². The number of nitrogens with two attached hydrogens (primary N) is 1. The highest BCUT2D eigenvalue weighted by Crippen LogP contribution is 2.44. The molecule has 1 aliphatic rings. The van der Waals surface area contributed by atoms with Gasteiger partial charge in [-0.1, -0.05) is 12.1 Å². The van der Waals surface area contributed by atoms with Gasteiger partial charge in [-0.25, -0.2) is 9.20 Å². The maximum Gasteiger partial charge on any atom is 0.203 e. The molecule has 0 saturated heterocycles. The van der Waals surface area contributed by atoms with Gasteiger partial charge >= 0.3 is 0 Å². The van der Waals surface area contributed by atoms with Crippen molar-refractivity contribution >= 4 is 48.8 Å². The number of thiophene rings is 1. The second-order valence-corrected chi connectivity index (χ2v) is 10.4. The SMILES string of the molecule is C=S1(=O)C[C@@](C)(c2sc(-c3cccc(C#N)c3)cc2Br)N=C(N)N1C. The largest absolute Gasteiger partial charge is 0.369 e. The number of nitrogens with zero attached hydrogens (tertiary/aromatic N) is 3. The molecule has 0 amide bonds. The minimum atomic E-state index is -2.53. The molecule has 8 heteroatoms. The van der Waals surface area contributed by atoms with Crippen LogP contribution in [0, 0.1) is 11.3 Å². The topological polar surface area (TPSA) is 82.5 Å². The number of aliphatic imine (C=N–C) groups is 1.